The van der Waals surface area contributed by atoms with Gasteiger partial charge in [0.05, 0.1) is 20.6 Å². The van der Waals surface area contributed by atoms with Crippen molar-refractivity contribution >= 4 is 62.3 Å². The summed E-state index contributed by atoms with van der Waals surface area (Å²) < 4.78 is 29.1. The number of nitrogens with zero attached hydrogens (tertiary/aromatic N) is 2. The van der Waals surface area contributed by atoms with Crippen LogP contribution in [0.4, 0.5) is 5.69 Å². The second-order valence-corrected chi connectivity index (χ2v) is 14.6. The van der Waals surface area contributed by atoms with Crippen molar-refractivity contribution < 1.29 is 18.0 Å². The van der Waals surface area contributed by atoms with Crippen LogP contribution in [0.25, 0.3) is 0 Å². The van der Waals surface area contributed by atoms with Crippen molar-refractivity contribution in [1.82, 2.24) is 10.2 Å². The molecule has 45 heavy (non-hydrogen) atoms. The van der Waals surface area contributed by atoms with Gasteiger partial charge in [-0.2, -0.15) is 0 Å². The van der Waals surface area contributed by atoms with E-state index in [0.717, 1.165) is 9.87 Å². The molecule has 11 heteroatoms. The van der Waals surface area contributed by atoms with Gasteiger partial charge in [0.25, 0.3) is 10.0 Å². The average molecular weight is 687 g/mol. The number of halogens is 3. The van der Waals surface area contributed by atoms with Gasteiger partial charge in [0.2, 0.25) is 11.8 Å². The van der Waals surface area contributed by atoms with Crippen molar-refractivity contribution in [3.8, 4) is 0 Å². The van der Waals surface area contributed by atoms with Gasteiger partial charge in [0.15, 0.2) is 0 Å². The molecule has 0 spiro atoms. The number of anilines is 1. The first kappa shape index (κ1) is 34.3. The van der Waals surface area contributed by atoms with E-state index >= 15 is 0 Å². The third-order valence-electron chi connectivity index (χ3n) is 6.82. The third kappa shape index (κ3) is 9.01. The summed E-state index contributed by atoms with van der Waals surface area (Å²) in [7, 11) is -4.31. The summed E-state index contributed by atoms with van der Waals surface area (Å²) in [5.74, 6) is -1.02. The summed E-state index contributed by atoms with van der Waals surface area (Å²) in [6.07, 6.45) is 0.179. The Kier molecular flexibility index (Phi) is 11.2. The van der Waals surface area contributed by atoms with Gasteiger partial charge in [-0.25, -0.2) is 8.42 Å². The van der Waals surface area contributed by atoms with Crippen LogP contribution in [-0.2, 0) is 32.6 Å². The molecule has 0 aliphatic rings. The zero-order valence-electron chi connectivity index (χ0n) is 25.1. The maximum atomic E-state index is 14.5. The van der Waals surface area contributed by atoms with Crippen LogP contribution in [0.15, 0.2) is 108 Å². The molecule has 0 unspecified atom stereocenters. The Hall–Kier alpha value is -3.56. The van der Waals surface area contributed by atoms with Gasteiger partial charge in [-0.1, -0.05) is 102 Å². The summed E-state index contributed by atoms with van der Waals surface area (Å²) in [5.41, 5.74) is 0.911. The van der Waals surface area contributed by atoms with Crippen LogP contribution in [0.2, 0.25) is 15.1 Å². The number of rotatable bonds is 11. The molecular formula is C34H34Cl3N3O4S. The van der Waals surface area contributed by atoms with Gasteiger partial charge in [0.1, 0.15) is 12.6 Å². The second-order valence-electron chi connectivity index (χ2n) is 11.5. The van der Waals surface area contributed by atoms with Gasteiger partial charge >= 0.3 is 0 Å². The molecule has 0 radical (unpaired) electrons. The van der Waals surface area contributed by atoms with Crippen molar-refractivity contribution in [1.29, 1.82) is 0 Å². The van der Waals surface area contributed by atoms with E-state index in [-0.39, 0.29) is 39.5 Å². The SMILES string of the molecule is CC(C)(C)NC(=O)[C@@H](Cc1ccccc1)N(Cc1cccc(Cl)c1)C(=O)CN(c1cccc(Cl)c1Cl)S(=O)(=O)c1ccccc1. The van der Waals surface area contributed by atoms with Gasteiger partial charge < -0.3 is 10.2 Å². The minimum Gasteiger partial charge on any atom is -0.350 e. The zero-order valence-corrected chi connectivity index (χ0v) is 28.2. The first-order valence-corrected chi connectivity index (χ1v) is 16.8. The van der Waals surface area contributed by atoms with E-state index in [2.05, 4.69) is 5.32 Å². The summed E-state index contributed by atoms with van der Waals surface area (Å²) in [4.78, 5) is 29.8. The maximum Gasteiger partial charge on any atom is 0.264 e. The molecule has 4 aromatic carbocycles. The largest absolute Gasteiger partial charge is 0.350 e. The van der Waals surface area contributed by atoms with E-state index < -0.39 is 34.1 Å². The molecule has 1 N–H and O–H groups in total. The summed E-state index contributed by atoms with van der Waals surface area (Å²) in [6.45, 7) is 4.87. The fraction of sp³-hybridized carbons (Fsp3) is 0.235. The molecule has 0 fully saturated rings. The molecule has 0 aromatic heterocycles. The monoisotopic (exact) mass is 685 g/mol. The lowest BCUT2D eigenvalue weighted by atomic mass is 10.0. The number of hydrogen-bond acceptors (Lipinski definition) is 4. The highest BCUT2D eigenvalue weighted by Gasteiger charge is 2.36. The number of nitrogens with one attached hydrogen (secondary N) is 1. The first-order valence-electron chi connectivity index (χ1n) is 14.2. The zero-order chi connectivity index (χ0) is 32.8. The van der Waals surface area contributed by atoms with E-state index in [4.69, 9.17) is 34.8 Å². The number of amides is 2. The fourth-order valence-corrected chi connectivity index (χ4v) is 6.86. The molecule has 0 heterocycles. The molecule has 0 bridgehead atoms. The normalized spacial score (nSPS) is 12.3. The Labute approximate surface area is 279 Å². The quantitative estimate of drug-likeness (QED) is 0.178. The smallest absolute Gasteiger partial charge is 0.264 e. The molecule has 2 amide bonds. The average Bonchev–Trinajstić information content (AvgIpc) is 2.99. The molecule has 0 aliphatic heterocycles. The number of benzene rings is 4. The van der Waals surface area contributed by atoms with Gasteiger partial charge in [-0.3, -0.25) is 13.9 Å². The van der Waals surface area contributed by atoms with E-state index in [0.29, 0.717) is 10.6 Å². The van der Waals surface area contributed by atoms with Crippen LogP contribution >= 0.6 is 34.8 Å². The van der Waals surface area contributed by atoms with Crippen LogP contribution < -0.4 is 9.62 Å². The number of carbonyl (C=O) groups excluding carboxylic acids is 2. The molecule has 0 saturated heterocycles. The number of hydrogen-bond donors (Lipinski definition) is 1. The molecule has 0 aliphatic carbocycles. The van der Waals surface area contributed by atoms with Crippen molar-refractivity contribution in [3.63, 3.8) is 0 Å². The molecule has 0 saturated carbocycles. The Morgan fingerprint density at radius 3 is 2.02 bits per heavy atom. The van der Waals surface area contributed by atoms with Crippen molar-refractivity contribution in [3.05, 3.63) is 129 Å². The number of sulfonamides is 1. The Morgan fingerprint density at radius 1 is 0.800 bits per heavy atom. The Bertz CT molecular complexity index is 1750. The topological polar surface area (TPSA) is 86.8 Å². The van der Waals surface area contributed by atoms with Crippen LogP contribution in [0.1, 0.15) is 31.9 Å². The van der Waals surface area contributed by atoms with E-state index in [1.54, 1.807) is 48.5 Å². The molecule has 7 nitrogen and oxygen atoms in total. The highest BCUT2D eigenvalue weighted by molar-refractivity contribution is 7.92. The lowest BCUT2D eigenvalue weighted by molar-refractivity contribution is -0.140. The Balaban J connectivity index is 1.84. The molecule has 1 atom stereocenters. The number of carbonyl (C=O) groups is 2. The first-order chi connectivity index (χ1) is 21.3. The molecule has 4 rings (SSSR count). The third-order valence-corrected chi connectivity index (χ3v) is 9.64. The van der Waals surface area contributed by atoms with E-state index in [9.17, 15) is 18.0 Å². The lowest BCUT2D eigenvalue weighted by Gasteiger charge is -2.35. The van der Waals surface area contributed by atoms with Gasteiger partial charge in [-0.05, 0) is 68.3 Å². The lowest BCUT2D eigenvalue weighted by Crippen LogP contribution is -2.56. The molecular weight excluding hydrogens is 653 g/mol. The maximum absolute atomic E-state index is 14.5. The van der Waals surface area contributed by atoms with Gasteiger partial charge in [-0.15, -0.1) is 0 Å². The second kappa shape index (κ2) is 14.7. The standard InChI is InChI=1S/C34H34Cl3N3O4S/c1-34(2,3)38-33(42)30(21-24-12-6-4-7-13-24)39(22-25-14-10-15-26(35)20-25)31(41)23-40(29-19-11-18-28(36)32(29)37)45(43,44)27-16-8-5-9-17-27/h4-20,30H,21-23H2,1-3H3,(H,38,42)/t30-/m1/s1. The summed E-state index contributed by atoms with van der Waals surface area (Å²) in [6, 6.07) is 27.6. The predicted octanol–water partition coefficient (Wildman–Crippen LogP) is 7.40. The van der Waals surface area contributed by atoms with E-state index in [1.165, 1.54) is 29.2 Å². The van der Waals surface area contributed by atoms with Crippen LogP contribution in [0, 0.1) is 0 Å². The summed E-state index contributed by atoms with van der Waals surface area (Å²) >= 11 is 19.1. The fourth-order valence-electron chi connectivity index (χ4n) is 4.76. The van der Waals surface area contributed by atoms with Crippen LogP contribution in [0.3, 0.4) is 0 Å². The predicted molar refractivity (Wildman–Crippen MR) is 181 cm³/mol. The van der Waals surface area contributed by atoms with E-state index in [1.807, 2.05) is 51.1 Å². The minimum absolute atomic E-state index is 0.0169. The minimum atomic E-state index is -4.31. The highest BCUT2D eigenvalue weighted by atomic mass is 35.5. The summed E-state index contributed by atoms with van der Waals surface area (Å²) in [5, 5.41) is 3.55. The van der Waals surface area contributed by atoms with Crippen molar-refractivity contribution in [2.75, 3.05) is 10.8 Å². The highest BCUT2D eigenvalue weighted by Crippen LogP contribution is 2.35. The Morgan fingerprint density at radius 2 is 1.40 bits per heavy atom. The van der Waals surface area contributed by atoms with Gasteiger partial charge in [0, 0.05) is 23.5 Å². The van der Waals surface area contributed by atoms with Crippen molar-refractivity contribution in [2.24, 2.45) is 0 Å². The molecule has 236 valence electrons. The van der Waals surface area contributed by atoms with Crippen LogP contribution in [0.5, 0.6) is 0 Å². The van der Waals surface area contributed by atoms with Crippen LogP contribution in [-0.4, -0.2) is 43.3 Å². The van der Waals surface area contributed by atoms with Crippen molar-refractivity contribution in [2.45, 2.75) is 50.2 Å². The molecule has 4 aromatic rings.